The predicted octanol–water partition coefficient (Wildman–Crippen LogP) is 1.66. The lowest BCUT2D eigenvalue weighted by Gasteiger charge is -2.11. The van der Waals surface area contributed by atoms with Crippen LogP contribution >= 0.6 is 0 Å². The van der Waals surface area contributed by atoms with Crippen LogP contribution in [0.4, 0.5) is 0 Å². The van der Waals surface area contributed by atoms with E-state index in [9.17, 15) is 9.59 Å². The number of carbonyl (C=O) groups excluding carboxylic acids is 2. The van der Waals surface area contributed by atoms with Crippen molar-refractivity contribution >= 4 is 11.8 Å². The standard InChI is InChI=1S/C16H16N2O4/c1-9-7-12(10(2)21-9)15(19)17-18-16(20)14-8-11-5-3-4-6-13(11)22-14/h3-7,14H,8H2,1-2H3,(H,17,19)(H,18,20). The van der Waals surface area contributed by atoms with Crippen LogP contribution in [0.2, 0.25) is 0 Å². The monoisotopic (exact) mass is 300 g/mol. The Hall–Kier alpha value is -2.76. The van der Waals surface area contributed by atoms with Crippen LogP contribution in [0.3, 0.4) is 0 Å². The Morgan fingerprint density at radius 1 is 1.18 bits per heavy atom. The molecular weight excluding hydrogens is 284 g/mol. The molecule has 1 aromatic carbocycles. The number of aryl methyl sites for hydroxylation is 2. The molecule has 0 saturated carbocycles. The van der Waals surface area contributed by atoms with Crippen molar-refractivity contribution in [2.75, 3.05) is 0 Å². The van der Waals surface area contributed by atoms with Gasteiger partial charge in [-0.2, -0.15) is 0 Å². The molecule has 1 aromatic heterocycles. The molecule has 0 aliphatic carbocycles. The predicted molar refractivity (Wildman–Crippen MR) is 78.4 cm³/mol. The number of amides is 2. The van der Waals surface area contributed by atoms with E-state index in [1.165, 1.54) is 0 Å². The Kier molecular flexibility index (Phi) is 3.58. The lowest BCUT2D eigenvalue weighted by molar-refractivity contribution is -0.128. The summed E-state index contributed by atoms with van der Waals surface area (Å²) in [5.74, 6) is 1.05. The number of hydrazine groups is 1. The van der Waals surface area contributed by atoms with E-state index in [2.05, 4.69) is 10.9 Å². The fraction of sp³-hybridized carbons (Fsp3) is 0.250. The van der Waals surface area contributed by atoms with Crippen molar-refractivity contribution in [2.24, 2.45) is 0 Å². The van der Waals surface area contributed by atoms with E-state index in [1.807, 2.05) is 24.3 Å². The number of para-hydroxylation sites is 1. The van der Waals surface area contributed by atoms with Crippen LogP contribution in [0.5, 0.6) is 5.75 Å². The first-order chi connectivity index (χ1) is 10.5. The number of nitrogens with one attached hydrogen (secondary N) is 2. The number of hydrogen-bond acceptors (Lipinski definition) is 4. The van der Waals surface area contributed by atoms with E-state index in [-0.39, 0.29) is 5.91 Å². The molecule has 22 heavy (non-hydrogen) atoms. The lowest BCUT2D eigenvalue weighted by Crippen LogP contribution is -2.47. The molecule has 114 valence electrons. The van der Waals surface area contributed by atoms with Crippen LogP contribution in [-0.2, 0) is 11.2 Å². The van der Waals surface area contributed by atoms with Gasteiger partial charge < -0.3 is 9.15 Å². The molecule has 0 fully saturated rings. The zero-order chi connectivity index (χ0) is 15.7. The summed E-state index contributed by atoms with van der Waals surface area (Å²) in [7, 11) is 0. The number of fused-ring (bicyclic) bond motifs is 1. The molecule has 6 nitrogen and oxygen atoms in total. The Morgan fingerprint density at radius 3 is 2.64 bits per heavy atom. The summed E-state index contributed by atoms with van der Waals surface area (Å²) >= 11 is 0. The molecule has 2 amide bonds. The molecule has 1 atom stereocenters. The van der Waals surface area contributed by atoms with Crippen LogP contribution in [0.25, 0.3) is 0 Å². The topological polar surface area (TPSA) is 80.6 Å². The van der Waals surface area contributed by atoms with Gasteiger partial charge in [0.2, 0.25) is 0 Å². The summed E-state index contributed by atoms with van der Waals surface area (Å²) in [4.78, 5) is 24.1. The molecule has 6 heteroatoms. The quantitative estimate of drug-likeness (QED) is 0.827. The third-order valence-corrected chi connectivity index (χ3v) is 3.52. The minimum atomic E-state index is -0.634. The maximum Gasteiger partial charge on any atom is 0.279 e. The molecule has 0 bridgehead atoms. The molecule has 2 N–H and O–H groups in total. The van der Waals surface area contributed by atoms with Gasteiger partial charge in [0.05, 0.1) is 5.56 Å². The van der Waals surface area contributed by atoms with E-state index in [0.29, 0.717) is 29.3 Å². The van der Waals surface area contributed by atoms with Crippen LogP contribution in [0, 0.1) is 13.8 Å². The second-order valence-corrected chi connectivity index (χ2v) is 5.19. The van der Waals surface area contributed by atoms with Gasteiger partial charge in [-0.25, -0.2) is 0 Å². The Morgan fingerprint density at radius 2 is 1.95 bits per heavy atom. The van der Waals surface area contributed by atoms with Gasteiger partial charge in [-0.15, -0.1) is 0 Å². The molecule has 1 unspecified atom stereocenters. The zero-order valence-electron chi connectivity index (χ0n) is 12.3. The molecule has 1 aliphatic heterocycles. The second kappa shape index (κ2) is 5.55. The van der Waals surface area contributed by atoms with Crippen LogP contribution < -0.4 is 15.6 Å². The molecule has 2 heterocycles. The molecule has 1 aliphatic rings. The van der Waals surface area contributed by atoms with E-state index in [0.717, 1.165) is 5.56 Å². The Balaban J connectivity index is 1.58. The van der Waals surface area contributed by atoms with Gasteiger partial charge in [-0.3, -0.25) is 20.4 Å². The van der Waals surface area contributed by atoms with Gasteiger partial charge in [0.1, 0.15) is 17.3 Å². The van der Waals surface area contributed by atoms with Crippen LogP contribution in [0.15, 0.2) is 34.7 Å². The van der Waals surface area contributed by atoms with Crippen LogP contribution in [-0.4, -0.2) is 17.9 Å². The summed E-state index contributed by atoms with van der Waals surface area (Å²) < 4.78 is 10.8. The number of furan rings is 1. The third-order valence-electron chi connectivity index (χ3n) is 3.52. The highest BCUT2D eigenvalue weighted by atomic mass is 16.5. The maximum absolute atomic E-state index is 12.1. The normalized spacial score (nSPS) is 15.8. The minimum Gasteiger partial charge on any atom is -0.480 e. The molecule has 2 aromatic rings. The summed E-state index contributed by atoms with van der Waals surface area (Å²) in [6.07, 6.45) is -0.147. The van der Waals surface area contributed by atoms with Gasteiger partial charge in [0, 0.05) is 6.42 Å². The SMILES string of the molecule is Cc1cc(C(=O)NNC(=O)C2Cc3ccccc3O2)c(C)o1. The molecule has 0 saturated heterocycles. The van der Waals surface area contributed by atoms with Crippen molar-refractivity contribution in [3.8, 4) is 5.75 Å². The molecule has 0 radical (unpaired) electrons. The molecular formula is C16H16N2O4. The number of ether oxygens (including phenoxy) is 1. The van der Waals surface area contributed by atoms with Crippen molar-refractivity contribution in [2.45, 2.75) is 26.4 Å². The van der Waals surface area contributed by atoms with Gasteiger partial charge in [-0.1, -0.05) is 18.2 Å². The molecule has 0 spiro atoms. The highest BCUT2D eigenvalue weighted by Crippen LogP contribution is 2.27. The first kappa shape index (κ1) is 14.2. The van der Waals surface area contributed by atoms with Gasteiger partial charge in [0.25, 0.3) is 11.8 Å². The minimum absolute atomic E-state index is 0.387. The van der Waals surface area contributed by atoms with Crippen LogP contribution in [0.1, 0.15) is 27.4 Å². The van der Waals surface area contributed by atoms with E-state index >= 15 is 0 Å². The second-order valence-electron chi connectivity index (χ2n) is 5.19. The summed E-state index contributed by atoms with van der Waals surface area (Å²) in [5, 5.41) is 0. The van der Waals surface area contributed by atoms with E-state index in [1.54, 1.807) is 19.9 Å². The van der Waals surface area contributed by atoms with Crippen molar-refractivity contribution in [3.63, 3.8) is 0 Å². The van der Waals surface area contributed by atoms with Crippen molar-refractivity contribution in [1.29, 1.82) is 0 Å². The summed E-state index contributed by atoms with van der Waals surface area (Å²) in [6, 6.07) is 9.11. The molecule has 3 rings (SSSR count). The number of rotatable bonds is 2. The largest absolute Gasteiger partial charge is 0.480 e. The fourth-order valence-electron chi connectivity index (χ4n) is 2.45. The highest BCUT2D eigenvalue weighted by molar-refractivity contribution is 5.96. The van der Waals surface area contributed by atoms with E-state index < -0.39 is 12.0 Å². The number of carbonyl (C=O) groups is 2. The average Bonchev–Trinajstić information content (AvgIpc) is 3.07. The Labute approximate surface area is 127 Å². The highest BCUT2D eigenvalue weighted by Gasteiger charge is 2.29. The lowest BCUT2D eigenvalue weighted by atomic mass is 10.1. The van der Waals surface area contributed by atoms with Crippen molar-refractivity contribution in [1.82, 2.24) is 10.9 Å². The Bertz CT molecular complexity index is 710. The van der Waals surface area contributed by atoms with Gasteiger partial charge in [-0.05, 0) is 31.5 Å². The first-order valence-corrected chi connectivity index (χ1v) is 6.96. The average molecular weight is 300 g/mol. The van der Waals surface area contributed by atoms with Crippen molar-refractivity contribution < 1.29 is 18.7 Å². The van der Waals surface area contributed by atoms with Crippen molar-refractivity contribution in [3.05, 3.63) is 53.0 Å². The van der Waals surface area contributed by atoms with E-state index in [4.69, 9.17) is 9.15 Å². The number of benzene rings is 1. The third kappa shape index (κ3) is 2.67. The van der Waals surface area contributed by atoms with Gasteiger partial charge >= 0.3 is 0 Å². The summed E-state index contributed by atoms with van der Waals surface area (Å²) in [6.45, 7) is 3.45. The summed E-state index contributed by atoms with van der Waals surface area (Å²) in [5.41, 5.74) is 6.15. The number of hydrogen-bond donors (Lipinski definition) is 2. The maximum atomic E-state index is 12.1. The first-order valence-electron chi connectivity index (χ1n) is 6.96. The fourth-order valence-corrected chi connectivity index (χ4v) is 2.45. The zero-order valence-corrected chi connectivity index (χ0v) is 12.3. The van der Waals surface area contributed by atoms with Gasteiger partial charge in [0.15, 0.2) is 6.10 Å². The smallest absolute Gasteiger partial charge is 0.279 e.